The summed E-state index contributed by atoms with van der Waals surface area (Å²) in [5, 5.41) is 27.9. The summed E-state index contributed by atoms with van der Waals surface area (Å²) < 4.78 is 0. The number of azo groups is 1. The van der Waals surface area contributed by atoms with E-state index >= 15 is 0 Å². The van der Waals surface area contributed by atoms with Crippen molar-refractivity contribution in [3.05, 3.63) is 57.6 Å². The summed E-state index contributed by atoms with van der Waals surface area (Å²) >= 11 is 5.84. The molecule has 0 heterocycles. The van der Waals surface area contributed by atoms with Gasteiger partial charge in [-0.25, -0.2) is 0 Å². The van der Waals surface area contributed by atoms with Crippen LogP contribution in [0.25, 0.3) is 0 Å². The molecule has 0 bridgehead atoms. The number of rotatable bonds is 7. The first-order chi connectivity index (χ1) is 11.5. The van der Waals surface area contributed by atoms with Crippen molar-refractivity contribution in [1.29, 1.82) is 0 Å². The van der Waals surface area contributed by atoms with Gasteiger partial charge < -0.3 is 10.0 Å². The van der Waals surface area contributed by atoms with Gasteiger partial charge in [0, 0.05) is 24.8 Å². The third kappa shape index (κ3) is 4.50. The van der Waals surface area contributed by atoms with Crippen molar-refractivity contribution in [1.82, 2.24) is 0 Å². The van der Waals surface area contributed by atoms with Crippen LogP contribution >= 0.6 is 11.6 Å². The maximum atomic E-state index is 10.7. The Hall–Kier alpha value is -2.51. The maximum absolute atomic E-state index is 10.7. The molecule has 0 radical (unpaired) electrons. The Morgan fingerprint density at radius 1 is 1.17 bits per heavy atom. The van der Waals surface area contributed by atoms with Gasteiger partial charge in [0.1, 0.15) is 5.02 Å². The van der Waals surface area contributed by atoms with Gasteiger partial charge >= 0.3 is 0 Å². The average molecular weight is 349 g/mol. The number of nitrogens with zero attached hydrogens (tertiary/aromatic N) is 4. The molecular weight excluding hydrogens is 332 g/mol. The minimum absolute atomic E-state index is 0.0226. The molecule has 8 heteroatoms. The van der Waals surface area contributed by atoms with Crippen molar-refractivity contribution < 1.29 is 10.0 Å². The van der Waals surface area contributed by atoms with Gasteiger partial charge in [-0.15, -0.1) is 0 Å². The van der Waals surface area contributed by atoms with E-state index in [1.54, 1.807) is 0 Å². The van der Waals surface area contributed by atoms with E-state index in [1.165, 1.54) is 18.2 Å². The number of nitro groups is 1. The highest BCUT2D eigenvalue weighted by molar-refractivity contribution is 6.32. The molecule has 0 fully saturated rings. The van der Waals surface area contributed by atoms with Crippen LogP contribution in [0, 0.1) is 10.1 Å². The standard InChI is InChI=1S/C16H17ClN4O3/c1-2-20(9-10-22)14-6-3-12(4-7-14)18-19-13-5-8-16(21(23)24)15(17)11-13/h3-8,11,22H,2,9-10H2,1H3/b19-18+. The molecule has 0 aliphatic carbocycles. The van der Waals surface area contributed by atoms with Crippen molar-refractivity contribution in [2.45, 2.75) is 6.92 Å². The molecule has 2 aromatic carbocycles. The largest absolute Gasteiger partial charge is 0.395 e. The lowest BCUT2D eigenvalue weighted by atomic mass is 10.2. The Morgan fingerprint density at radius 3 is 2.33 bits per heavy atom. The number of nitro benzene ring substituents is 1. The second kappa shape index (κ2) is 8.37. The summed E-state index contributed by atoms with van der Waals surface area (Å²) in [6.07, 6.45) is 0. The molecule has 126 valence electrons. The first kappa shape index (κ1) is 17.8. The third-order valence-electron chi connectivity index (χ3n) is 3.38. The van der Waals surface area contributed by atoms with E-state index in [-0.39, 0.29) is 17.3 Å². The summed E-state index contributed by atoms with van der Waals surface area (Å²) in [6, 6.07) is 11.6. The quantitative estimate of drug-likeness (QED) is 0.453. The van der Waals surface area contributed by atoms with Crippen LogP contribution in [0.4, 0.5) is 22.7 Å². The van der Waals surface area contributed by atoms with E-state index in [0.29, 0.717) is 17.9 Å². The molecule has 0 amide bonds. The van der Waals surface area contributed by atoms with E-state index in [0.717, 1.165) is 12.2 Å². The monoisotopic (exact) mass is 348 g/mol. The average Bonchev–Trinajstić information content (AvgIpc) is 2.58. The van der Waals surface area contributed by atoms with E-state index < -0.39 is 4.92 Å². The van der Waals surface area contributed by atoms with Gasteiger partial charge in [-0.3, -0.25) is 10.1 Å². The molecule has 0 saturated heterocycles. The Bertz CT molecular complexity index is 735. The summed E-state index contributed by atoms with van der Waals surface area (Å²) in [6.45, 7) is 3.47. The molecule has 0 unspecified atom stereocenters. The highest BCUT2D eigenvalue weighted by Crippen LogP contribution is 2.29. The molecule has 2 aromatic rings. The fourth-order valence-corrected chi connectivity index (χ4v) is 2.39. The van der Waals surface area contributed by atoms with Gasteiger partial charge in [0.15, 0.2) is 0 Å². The molecule has 24 heavy (non-hydrogen) atoms. The molecule has 0 aromatic heterocycles. The normalized spacial score (nSPS) is 11.0. The van der Waals surface area contributed by atoms with Crippen LogP contribution in [0.15, 0.2) is 52.7 Å². The van der Waals surface area contributed by atoms with Crippen LogP contribution in [0.3, 0.4) is 0 Å². The topological polar surface area (TPSA) is 91.3 Å². The molecule has 2 rings (SSSR count). The molecule has 0 aliphatic heterocycles. The fourth-order valence-electron chi connectivity index (χ4n) is 2.14. The van der Waals surface area contributed by atoms with Gasteiger partial charge in [-0.1, -0.05) is 11.6 Å². The zero-order valence-corrected chi connectivity index (χ0v) is 13.8. The van der Waals surface area contributed by atoms with E-state index in [9.17, 15) is 10.1 Å². The Labute approximate surface area is 144 Å². The number of hydrogen-bond acceptors (Lipinski definition) is 6. The number of aliphatic hydroxyl groups is 1. The van der Waals surface area contributed by atoms with Crippen LogP contribution in [0.5, 0.6) is 0 Å². The van der Waals surface area contributed by atoms with Gasteiger partial charge in [-0.05, 0) is 43.3 Å². The smallest absolute Gasteiger partial charge is 0.288 e. The fraction of sp³-hybridized carbons (Fsp3) is 0.250. The van der Waals surface area contributed by atoms with E-state index in [4.69, 9.17) is 16.7 Å². The number of hydrogen-bond donors (Lipinski definition) is 1. The van der Waals surface area contributed by atoms with Gasteiger partial charge in [0.2, 0.25) is 0 Å². The predicted octanol–water partition coefficient (Wildman–Crippen LogP) is 4.48. The van der Waals surface area contributed by atoms with Crippen molar-refractivity contribution in [2.24, 2.45) is 10.2 Å². The Morgan fingerprint density at radius 2 is 1.79 bits per heavy atom. The number of aliphatic hydroxyl groups excluding tert-OH is 1. The summed E-state index contributed by atoms with van der Waals surface area (Å²) in [7, 11) is 0. The minimum Gasteiger partial charge on any atom is -0.395 e. The number of anilines is 1. The van der Waals surface area contributed by atoms with Gasteiger partial charge in [0.25, 0.3) is 5.69 Å². The number of halogens is 1. The van der Waals surface area contributed by atoms with Crippen molar-refractivity contribution in [2.75, 3.05) is 24.6 Å². The maximum Gasteiger partial charge on any atom is 0.288 e. The van der Waals surface area contributed by atoms with E-state index in [1.807, 2.05) is 36.1 Å². The lowest BCUT2D eigenvalue weighted by Crippen LogP contribution is -2.25. The molecule has 0 spiro atoms. The van der Waals surface area contributed by atoms with Crippen LogP contribution in [0.1, 0.15) is 6.92 Å². The first-order valence-electron chi connectivity index (χ1n) is 7.36. The minimum atomic E-state index is -0.548. The highest BCUT2D eigenvalue weighted by Gasteiger charge is 2.11. The van der Waals surface area contributed by atoms with Gasteiger partial charge in [-0.2, -0.15) is 10.2 Å². The third-order valence-corrected chi connectivity index (χ3v) is 3.68. The first-order valence-corrected chi connectivity index (χ1v) is 7.74. The molecule has 7 nitrogen and oxygen atoms in total. The molecule has 1 N–H and O–H groups in total. The van der Waals surface area contributed by atoms with E-state index in [2.05, 4.69) is 10.2 Å². The SMILES string of the molecule is CCN(CCO)c1ccc(/N=N/c2ccc([N+](=O)[O-])c(Cl)c2)cc1. The van der Waals surface area contributed by atoms with Crippen LogP contribution in [0.2, 0.25) is 5.02 Å². The molecule has 0 saturated carbocycles. The summed E-state index contributed by atoms with van der Waals surface area (Å²) in [5.41, 5.74) is 1.91. The summed E-state index contributed by atoms with van der Waals surface area (Å²) in [4.78, 5) is 12.2. The zero-order valence-electron chi connectivity index (χ0n) is 13.1. The number of likely N-dealkylation sites (N-methyl/N-ethyl adjacent to an activating group) is 1. The zero-order chi connectivity index (χ0) is 17.5. The summed E-state index contributed by atoms with van der Waals surface area (Å²) in [5.74, 6) is 0. The van der Waals surface area contributed by atoms with Crippen molar-refractivity contribution >= 4 is 34.4 Å². The lowest BCUT2D eigenvalue weighted by Gasteiger charge is -2.21. The highest BCUT2D eigenvalue weighted by atomic mass is 35.5. The van der Waals surface area contributed by atoms with Crippen LogP contribution < -0.4 is 4.90 Å². The Kier molecular flexibility index (Phi) is 6.22. The number of benzene rings is 2. The van der Waals surface area contributed by atoms with Crippen LogP contribution in [-0.2, 0) is 0 Å². The second-order valence-electron chi connectivity index (χ2n) is 4.91. The predicted molar refractivity (Wildman–Crippen MR) is 93.7 cm³/mol. The lowest BCUT2D eigenvalue weighted by molar-refractivity contribution is -0.384. The van der Waals surface area contributed by atoms with Crippen molar-refractivity contribution in [3.8, 4) is 0 Å². The Balaban J connectivity index is 2.12. The van der Waals surface area contributed by atoms with Gasteiger partial charge in [0.05, 0.1) is 22.9 Å². The molecule has 0 aliphatic rings. The van der Waals surface area contributed by atoms with Crippen LogP contribution in [-0.4, -0.2) is 29.7 Å². The molecular formula is C16H17ClN4O3. The molecule has 0 atom stereocenters. The second-order valence-corrected chi connectivity index (χ2v) is 5.32. The van der Waals surface area contributed by atoms with Crippen molar-refractivity contribution in [3.63, 3.8) is 0 Å².